The number of hydrogen-bond donors (Lipinski definition) is 2. The number of aliphatic hydroxyl groups is 1. The standard InChI is InChI=1S/C16H25N3O4/c1-4-5-10-23-14-12(21)6-9-19(16(11-20)7-8-16)13(14)15(22)17-18(2)3/h6,9,20H,4-5,7-8,10-11H2,1-3H3,(H,17,22). The minimum Gasteiger partial charge on any atom is -0.487 e. The van der Waals surface area contributed by atoms with E-state index >= 15 is 0 Å². The van der Waals surface area contributed by atoms with Gasteiger partial charge in [-0.3, -0.25) is 15.0 Å². The molecule has 0 saturated heterocycles. The summed E-state index contributed by atoms with van der Waals surface area (Å²) >= 11 is 0. The summed E-state index contributed by atoms with van der Waals surface area (Å²) in [6.45, 7) is 2.33. The van der Waals surface area contributed by atoms with Gasteiger partial charge in [0.25, 0.3) is 5.91 Å². The van der Waals surface area contributed by atoms with Crippen LogP contribution in [0.3, 0.4) is 0 Å². The van der Waals surface area contributed by atoms with E-state index in [1.165, 1.54) is 11.1 Å². The number of rotatable bonds is 8. The van der Waals surface area contributed by atoms with Gasteiger partial charge in [0.05, 0.1) is 18.8 Å². The molecule has 1 aliphatic carbocycles. The van der Waals surface area contributed by atoms with Crippen LogP contribution in [-0.4, -0.2) is 47.9 Å². The topological polar surface area (TPSA) is 83.8 Å². The van der Waals surface area contributed by atoms with Crippen LogP contribution in [0.4, 0.5) is 0 Å². The van der Waals surface area contributed by atoms with E-state index < -0.39 is 11.4 Å². The normalized spacial score (nSPS) is 15.5. The van der Waals surface area contributed by atoms with E-state index in [0.29, 0.717) is 6.61 Å². The zero-order chi connectivity index (χ0) is 17.0. The molecule has 0 aromatic carbocycles. The van der Waals surface area contributed by atoms with Gasteiger partial charge >= 0.3 is 0 Å². The minimum absolute atomic E-state index is 0.0556. The minimum atomic E-state index is -0.504. The van der Waals surface area contributed by atoms with Crippen LogP contribution in [-0.2, 0) is 5.54 Å². The van der Waals surface area contributed by atoms with Gasteiger partial charge in [-0.05, 0) is 19.3 Å². The van der Waals surface area contributed by atoms with Crippen molar-refractivity contribution in [1.29, 1.82) is 0 Å². The molecule has 1 aliphatic rings. The molecule has 2 N–H and O–H groups in total. The van der Waals surface area contributed by atoms with E-state index in [1.807, 2.05) is 6.92 Å². The zero-order valence-corrected chi connectivity index (χ0v) is 14.0. The fourth-order valence-electron chi connectivity index (χ4n) is 2.46. The van der Waals surface area contributed by atoms with Gasteiger partial charge in [-0.2, -0.15) is 0 Å². The zero-order valence-electron chi connectivity index (χ0n) is 14.0. The smallest absolute Gasteiger partial charge is 0.286 e. The Morgan fingerprint density at radius 1 is 1.48 bits per heavy atom. The van der Waals surface area contributed by atoms with E-state index in [0.717, 1.165) is 25.7 Å². The molecule has 23 heavy (non-hydrogen) atoms. The summed E-state index contributed by atoms with van der Waals surface area (Å²) in [5, 5.41) is 11.2. The van der Waals surface area contributed by atoms with Crippen molar-refractivity contribution in [2.75, 3.05) is 27.3 Å². The SMILES string of the molecule is CCCCOc1c(C(=O)NN(C)C)n(C2(CO)CC2)ccc1=O. The van der Waals surface area contributed by atoms with Crippen molar-refractivity contribution in [2.24, 2.45) is 0 Å². The Bertz CT molecular complexity index is 620. The van der Waals surface area contributed by atoms with Crippen LogP contribution in [0.5, 0.6) is 5.75 Å². The van der Waals surface area contributed by atoms with Crippen molar-refractivity contribution in [3.05, 3.63) is 28.2 Å². The largest absolute Gasteiger partial charge is 0.487 e. The number of carbonyl (C=O) groups is 1. The van der Waals surface area contributed by atoms with E-state index in [4.69, 9.17) is 4.74 Å². The predicted octanol–water partition coefficient (Wildman–Crippen LogP) is 0.715. The van der Waals surface area contributed by atoms with E-state index in [9.17, 15) is 14.7 Å². The number of hydrogen-bond acceptors (Lipinski definition) is 5. The van der Waals surface area contributed by atoms with Gasteiger partial charge in [-0.1, -0.05) is 13.3 Å². The third-order valence-corrected chi connectivity index (χ3v) is 3.97. The molecule has 0 bridgehead atoms. The molecule has 1 amide bonds. The van der Waals surface area contributed by atoms with Crippen molar-refractivity contribution in [3.8, 4) is 5.75 Å². The summed E-state index contributed by atoms with van der Waals surface area (Å²) in [6.07, 6.45) is 4.84. The average Bonchev–Trinajstić information content (AvgIpc) is 3.29. The molecular weight excluding hydrogens is 298 g/mol. The van der Waals surface area contributed by atoms with Gasteiger partial charge < -0.3 is 14.4 Å². The van der Waals surface area contributed by atoms with Crippen LogP contribution in [0, 0.1) is 0 Å². The molecule has 2 rings (SSSR count). The number of aliphatic hydroxyl groups excluding tert-OH is 1. The average molecular weight is 323 g/mol. The number of aromatic nitrogens is 1. The molecule has 0 aliphatic heterocycles. The highest BCUT2D eigenvalue weighted by molar-refractivity contribution is 5.95. The molecule has 1 saturated carbocycles. The lowest BCUT2D eigenvalue weighted by atomic mass is 10.2. The molecule has 1 aromatic heterocycles. The van der Waals surface area contributed by atoms with Crippen LogP contribution in [0.25, 0.3) is 0 Å². The number of nitrogens with one attached hydrogen (secondary N) is 1. The van der Waals surface area contributed by atoms with Crippen molar-refractivity contribution in [3.63, 3.8) is 0 Å². The summed E-state index contributed by atoms with van der Waals surface area (Å²) in [5.41, 5.74) is 2.00. The summed E-state index contributed by atoms with van der Waals surface area (Å²) in [6, 6.07) is 1.39. The molecule has 7 heteroatoms. The third-order valence-electron chi connectivity index (χ3n) is 3.97. The number of nitrogens with zero attached hydrogens (tertiary/aromatic N) is 2. The Morgan fingerprint density at radius 2 is 2.17 bits per heavy atom. The van der Waals surface area contributed by atoms with Gasteiger partial charge in [0, 0.05) is 26.4 Å². The molecule has 0 radical (unpaired) electrons. The van der Waals surface area contributed by atoms with E-state index in [-0.39, 0.29) is 23.5 Å². The van der Waals surface area contributed by atoms with Crippen LogP contribution >= 0.6 is 0 Å². The summed E-state index contributed by atoms with van der Waals surface area (Å²) in [5.74, 6) is -0.362. The Hall–Kier alpha value is -1.86. The fourth-order valence-corrected chi connectivity index (χ4v) is 2.46. The van der Waals surface area contributed by atoms with Crippen LogP contribution in [0.2, 0.25) is 0 Å². The molecule has 1 fully saturated rings. The predicted molar refractivity (Wildman–Crippen MR) is 86.6 cm³/mol. The maximum absolute atomic E-state index is 12.6. The number of pyridine rings is 1. The van der Waals surface area contributed by atoms with Crippen molar-refractivity contribution in [1.82, 2.24) is 15.0 Å². The first-order valence-electron chi connectivity index (χ1n) is 7.93. The van der Waals surface area contributed by atoms with Crippen LogP contribution in [0.15, 0.2) is 17.1 Å². The quantitative estimate of drug-likeness (QED) is 0.544. The van der Waals surface area contributed by atoms with Gasteiger partial charge in [-0.15, -0.1) is 0 Å². The van der Waals surface area contributed by atoms with Gasteiger partial charge in [0.1, 0.15) is 0 Å². The lowest BCUT2D eigenvalue weighted by molar-refractivity contribution is 0.0831. The second kappa shape index (κ2) is 7.14. The summed E-state index contributed by atoms with van der Waals surface area (Å²) in [4.78, 5) is 24.8. The number of unbranched alkanes of at least 4 members (excludes halogenated alkanes) is 1. The molecule has 0 unspecified atom stereocenters. The molecule has 0 spiro atoms. The molecule has 0 atom stereocenters. The third kappa shape index (κ3) is 3.73. The highest BCUT2D eigenvalue weighted by Gasteiger charge is 2.46. The Balaban J connectivity index is 2.48. The molecule has 128 valence electrons. The first kappa shape index (κ1) is 17.5. The summed E-state index contributed by atoms with van der Waals surface area (Å²) < 4.78 is 7.31. The molecular formula is C16H25N3O4. The van der Waals surface area contributed by atoms with Crippen molar-refractivity contribution in [2.45, 2.75) is 38.1 Å². The first-order chi connectivity index (χ1) is 10.9. The number of carbonyl (C=O) groups excluding carboxylic acids is 1. The van der Waals surface area contributed by atoms with Gasteiger partial charge in [0.15, 0.2) is 11.4 Å². The van der Waals surface area contributed by atoms with Crippen molar-refractivity contribution < 1.29 is 14.6 Å². The van der Waals surface area contributed by atoms with Crippen LogP contribution in [0.1, 0.15) is 43.1 Å². The molecule has 1 heterocycles. The molecule has 1 aromatic rings. The fraction of sp³-hybridized carbons (Fsp3) is 0.625. The number of ether oxygens (including phenoxy) is 1. The van der Waals surface area contributed by atoms with Gasteiger partial charge in [0.2, 0.25) is 5.43 Å². The monoisotopic (exact) mass is 323 g/mol. The number of amides is 1. The highest BCUT2D eigenvalue weighted by Crippen LogP contribution is 2.44. The van der Waals surface area contributed by atoms with E-state index in [2.05, 4.69) is 5.43 Å². The lowest BCUT2D eigenvalue weighted by Gasteiger charge is -2.24. The number of hydrazine groups is 1. The van der Waals surface area contributed by atoms with Crippen LogP contribution < -0.4 is 15.6 Å². The maximum Gasteiger partial charge on any atom is 0.286 e. The Kier molecular flexibility index (Phi) is 5.43. The molecule has 7 nitrogen and oxygen atoms in total. The second-order valence-electron chi connectivity index (χ2n) is 6.15. The first-order valence-corrected chi connectivity index (χ1v) is 7.93. The second-order valence-corrected chi connectivity index (χ2v) is 6.15. The van der Waals surface area contributed by atoms with Gasteiger partial charge in [-0.25, -0.2) is 5.01 Å². The van der Waals surface area contributed by atoms with E-state index in [1.54, 1.807) is 24.9 Å². The Labute approximate surface area is 135 Å². The summed E-state index contributed by atoms with van der Waals surface area (Å²) in [7, 11) is 3.39. The lowest BCUT2D eigenvalue weighted by Crippen LogP contribution is -2.40. The maximum atomic E-state index is 12.6. The highest BCUT2D eigenvalue weighted by atomic mass is 16.5. The van der Waals surface area contributed by atoms with Crippen molar-refractivity contribution >= 4 is 5.91 Å². The Morgan fingerprint density at radius 3 is 2.70 bits per heavy atom.